The van der Waals surface area contributed by atoms with E-state index < -0.39 is 0 Å². The van der Waals surface area contributed by atoms with Gasteiger partial charge in [0.25, 0.3) is 0 Å². The Morgan fingerprint density at radius 1 is 0.407 bits per heavy atom. The van der Waals surface area contributed by atoms with E-state index in [-0.39, 0.29) is 5.41 Å². The predicted molar refractivity (Wildman–Crippen MR) is 225 cm³/mol. The van der Waals surface area contributed by atoms with Crippen LogP contribution in [0.25, 0.3) is 49.7 Å². The highest BCUT2D eigenvalue weighted by atomic mass is 16.5. The smallest absolute Gasteiger partial charge is 0.133 e. The quantitative estimate of drug-likeness (QED) is 0.172. The summed E-state index contributed by atoms with van der Waals surface area (Å²) in [5, 5.41) is 2.50. The molecule has 0 saturated carbocycles. The third-order valence-corrected chi connectivity index (χ3v) is 11.1. The molecule has 258 valence electrons. The van der Waals surface area contributed by atoms with Crippen LogP contribution in [0.4, 0.5) is 17.1 Å². The van der Waals surface area contributed by atoms with Crippen LogP contribution in [0.3, 0.4) is 0 Å². The lowest BCUT2D eigenvalue weighted by molar-refractivity contribution is 0.418. The second kappa shape index (κ2) is 12.7. The Kier molecular flexibility index (Phi) is 7.48. The number of benzene rings is 8. The fraction of sp³-hybridized carbons (Fsp3) is 0.0588. The summed E-state index contributed by atoms with van der Waals surface area (Å²) >= 11 is 0. The first kappa shape index (κ1) is 31.9. The van der Waals surface area contributed by atoms with Crippen LogP contribution in [0.15, 0.2) is 194 Å². The van der Waals surface area contributed by atoms with Crippen LogP contribution in [0.1, 0.15) is 25.0 Å². The van der Waals surface area contributed by atoms with Crippen molar-refractivity contribution in [2.75, 3.05) is 4.90 Å². The topological polar surface area (TPSA) is 17.4 Å². The first-order valence-electron chi connectivity index (χ1n) is 18.6. The van der Waals surface area contributed by atoms with Crippen molar-refractivity contribution in [3.63, 3.8) is 0 Å². The summed E-state index contributed by atoms with van der Waals surface area (Å²) in [5.74, 6) is 1.81. The summed E-state index contributed by atoms with van der Waals surface area (Å²) in [6.45, 7) is 4.56. The lowest BCUT2D eigenvalue weighted by Crippen LogP contribution is -2.24. The van der Waals surface area contributed by atoms with Crippen LogP contribution in [0.5, 0.6) is 11.5 Å². The predicted octanol–water partition coefficient (Wildman–Crippen LogP) is 14.0. The minimum Gasteiger partial charge on any atom is -0.457 e. The van der Waals surface area contributed by atoms with Gasteiger partial charge in [-0.3, -0.25) is 0 Å². The molecule has 0 fully saturated rings. The molecule has 3 nitrogen and oxygen atoms in total. The number of ether oxygens (including phenoxy) is 1. The molecular formula is C51H38N2O. The summed E-state index contributed by atoms with van der Waals surface area (Å²) in [6.07, 6.45) is 0. The summed E-state index contributed by atoms with van der Waals surface area (Å²) in [4.78, 5) is 2.33. The minimum atomic E-state index is -0.180. The maximum Gasteiger partial charge on any atom is 0.133 e. The molecule has 1 aromatic heterocycles. The minimum absolute atomic E-state index is 0.180. The van der Waals surface area contributed by atoms with Gasteiger partial charge in [0.15, 0.2) is 0 Å². The number of nitrogens with zero attached hydrogens (tertiary/aromatic N) is 2. The molecule has 54 heavy (non-hydrogen) atoms. The number of hydrogen-bond acceptors (Lipinski definition) is 2. The molecule has 0 unspecified atom stereocenters. The van der Waals surface area contributed by atoms with Gasteiger partial charge in [0.2, 0.25) is 0 Å². The highest BCUT2D eigenvalue weighted by Crippen LogP contribution is 2.50. The SMILES string of the molecule is CC1(C)c2ccccc2Oc2cc(N(c3ccc(-c4ccccc4)cc3)c3ccc(-c4ccc5c(c4)c4ccccc4n5-c4ccccc4)cc3)ccc21. The number of para-hydroxylation sites is 3. The van der Waals surface area contributed by atoms with E-state index in [1.807, 2.05) is 6.07 Å². The Balaban J connectivity index is 1.06. The normalized spacial score (nSPS) is 12.9. The Morgan fingerprint density at radius 2 is 0.944 bits per heavy atom. The number of hydrogen-bond donors (Lipinski definition) is 0. The zero-order chi connectivity index (χ0) is 36.2. The van der Waals surface area contributed by atoms with Gasteiger partial charge >= 0.3 is 0 Å². The zero-order valence-corrected chi connectivity index (χ0v) is 30.3. The molecule has 0 N–H and O–H groups in total. The standard InChI is InChI=1S/C51H38N2O/c1-51(2)45-18-10-12-20-49(45)54-50-34-42(30-31-46(50)51)52(40-26-21-36(22-27-40)35-13-5-3-6-14-35)41-28-23-37(24-29-41)38-25-32-48-44(33-38)43-17-9-11-19-47(43)53(48)39-15-7-4-8-16-39/h3-34H,1-2H3. The van der Waals surface area contributed by atoms with Gasteiger partial charge in [-0.15, -0.1) is 0 Å². The molecule has 0 atom stereocenters. The van der Waals surface area contributed by atoms with Crippen molar-refractivity contribution in [2.45, 2.75) is 19.3 Å². The van der Waals surface area contributed by atoms with E-state index in [2.05, 4.69) is 211 Å². The number of anilines is 3. The van der Waals surface area contributed by atoms with Crippen molar-refractivity contribution in [1.82, 2.24) is 4.57 Å². The van der Waals surface area contributed by atoms with Crippen molar-refractivity contribution in [2.24, 2.45) is 0 Å². The van der Waals surface area contributed by atoms with E-state index in [0.29, 0.717) is 0 Å². The molecule has 2 heterocycles. The molecule has 10 rings (SSSR count). The second-order valence-electron chi connectivity index (χ2n) is 14.6. The Hall–Kier alpha value is -6.84. The van der Waals surface area contributed by atoms with E-state index in [1.165, 1.54) is 55.2 Å². The van der Waals surface area contributed by atoms with Gasteiger partial charge in [-0.2, -0.15) is 0 Å². The Bertz CT molecular complexity index is 2800. The van der Waals surface area contributed by atoms with Crippen molar-refractivity contribution in [1.29, 1.82) is 0 Å². The van der Waals surface area contributed by atoms with E-state index >= 15 is 0 Å². The third-order valence-electron chi connectivity index (χ3n) is 11.1. The van der Waals surface area contributed by atoms with Crippen LogP contribution in [-0.2, 0) is 5.41 Å². The van der Waals surface area contributed by atoms with Crippen LogP contribution < -0.4 is 9.64 Å². The Labute approximate surface area is 316 Å². The van der Waals surface area contributed by atoms with Gasteiger partial charge in [-0.25, -0.2) is 0 Å². The van der Waals surface area contributed by atoms with Gasteiger partial charge in [-0.05, 0) is 89.0 Å². The number of rotatable bonds is 6. The number of aromatic nitrogens is 1. The summed E-state index contributed by atoms with van der Waals surface area (Å²) in [7, 11) is 0. The van der Waals surface area contributed by atoms with Crippen molar-refractivity contribution >= 4 is 38.9 Å². The van der Waals surface area contributed by atoms with E-state index in [4.69, 9.17) is 4.74 Å². The van der Waals surface area contributed by atoms with Gasteiger partial charge in [0.1, 0.15) is 11.5 Å². The van der Waals surface area contributed by atoms with Gasteiger partial charge < -0.3 is 14.2 Å². The summed E-state index contributed by atoms with van der Waals surface area (Å²) < 4.78 is 8.96. The lowest BCUT2D eigenvalue weighted by Gasteiger charge is -2.35. The highest BCUT2D eigenvalue weighted by molar-refractivity contribution is 6.10. The molecule has 0 bridgehead atoms. The second-order valence-corrected chi connectivity index (χ2v) is 14.6. The molecule has 9 aromatic rings. The molecule has 8 aromatic carbocycles. The third kappa shape index (κ3) is 5.28. The average molecular weight is 695 g/mol. The fourth-order valence-corrected chi connectivity index (χ4v) is 8.28. The molecular weight excluding hydrogens is 657 g/mol. The summed E-state index contributed by atoms with van der Waals surface area (Å²) in [6, 6.07) is 69.5. The molecule has 0 spiro atoms. The maximum absolute atomic E-state index is 6.60. The van der Waals surface area contributed by atoms with E-state index in [1.54, 1.807) is 0 Å². The molecule has 0 radical (unpaired) electrons. The van der Waals surface area contributed by atoms with Crippen LogP contribution in [0, 0.1) is 0 Å². The number of fused-ring (bicyclic) bond motifs is 5. The van der Waals surface area contributed by atoms with Crippen LogP contribution in [0.2, 0.25) is 0 Å². The molecule has 0 aliphatic carbocycles. The first-order chi connectivity index (χ1) is 26.5. The molecule has 0 saturated heterocycles. The average Bonchev–Trinajstić information content (AvgIpc) is 3.56. The largest absolute Gasteiger partial charge is 0.457 e. The monoisotopic (exact) mass is 694 g/mol. The fourth-order valence-electron chi connectivity index (χ4n) is 8.28. The Morgan fingerprint density at radius 3 is 1.69 bits per heavy atom. The first-order valence-corrected chi connectivity index (χ1v) is 18.6. The van der Waals surface area contributed by atoms with Crippen molar-refractivity contribution < 1.29 is 4.74 Å². The van der Waals surface area contributed by atoms with Gasteiger partial charge in [-0.1, -0.05) is 135 Å². The van der Waals surface area contributed by atoms with Crippen LogP contribution in [-0.4, -0.2) is 4.57 Å². The molecule has 0 amide bonds. The van der Waals surface area contributed by atoms with Crippen molar-refractivity contribution in [3.05, 3.63) is 205 Å². The summed E-state index contributed by atoms with van der Waals surface area (Å²) in [5.41, 5.74) is 13.7. The zero-order valence-electron chi connectivity index (χ0n) is 30.3. The van der Waals surface area contributed by atoms with E-state index in [9.17, 15) is 0 Å². The lowest BCUT2D eigenvalue weighted by atomic mass is 9.76. The van der Waals surface area contributed by atoms with Crippen molar-refractivity contribution in [3.8, 4) is 39.4 Å². The maximum atomic E-state index is 6.60. The van der Waals surface area contributed by atoms with Gasteiger partial charge in [0.05, 0.1) is 11.0 Å². The highest BCUT2D eigenvalue weighted by Gasteiger charge is 2.34. The molecule has 3 heteroatoms. The van der Waals surface area contributed by atoms with E-state index in [0.717, 1.165) is 34.2 Å². The van der Waals surface area contributed by atoms with Gasteiger partial charge in [0, 0.05) is 56.1 Å². The van der Waals surface area contributed by atoms with Crippen LogP contribution >= 0.6 is 0 Å². The molecule has 1 aliphatic heterocycles. The molecule has 1 aliphatic rings.